The van der Waals surface area contributed by atoms with Crippen molar-refractivity contribution in [1.29, 1.82) is 0 Å². The number of hydrogen-bond donors (Lipinski definition) is 0. The highest BCUT2D eigenvalue weighted by Crippen LogP contribution is 2.47. The minimum atomic E-state index is 0.188. The van der Waals surface area contributed by atoms with Crippen LogP contribution in [0.2, 0.25) is 0 Å². The molecule has 2 aliphatic rings. The molecule has 1 aliphatic carbocycles. The Hall–Kier alpha value is -1.22. The van der Waals surface area contributed by atoms with E-state index in [1.54, 1.807) is 0 Å². The van der Waals surface area contributed by atoms with E-state index in [-0.39, 0.29) is 5.41 Å². The Bertz CT molecular complexity index is 526. The molecule has 19 heavy (non-hydrogen) atoms. The van der Waals surface area contributed by atoms with Gasteiger partial charge in [0.2, 0.25) is 0 Å². The molecule has 1 heterocycles. The minimum absolute atomic E-state index is 0.188. The molecule has 0 radical (unpaired) electrons. The predicted molar refractivity (Wildman–Crippen MR) is 78.0 cm³/mol. The van der Waals surface area contributed by atoms with Gasteiger partial charge in [0, 0.05) is 18.0 Å². The van der Waals surface area contributed by atoms with E-state index >= 15 is 0 Å². The van der Waals surface area contributed by atoms with Crippen LogP contribution in [0.4, 0.5) is 5.69 Å². The Balaban J connectivity index is 2.19. The lowest BCUT2D eigenvalue weighted by atomic mass is 9.75. The molecular weight excluding hydrogens is 236 g/mol. The van der Waals surface area contributed by atoms with E-state index in [0.717, 1.165) is 18.5 Å². The van der Waals surface area contributed by atoms with Crippen molar-refractivity contribution in [1.82, 2.24) is 4.90 Å². The predicted octanol–water partition coefficient (Wildman–Crippen LogP) is 3.69. The Kier molecular flexibility index (Phi) is 2.97. The van der Waals surface area contributed by atoms with Crippen LogP contribution < -0.4 is 0 Å². The van der Waals surface area contributed by atoms with E-state index < -0.39 is 0 Å². The van der Waals surface area contributed by atoms with Crippen LogP contribution in [0.5, 0.6) is 0 Å². The second-order valence-electron chi connectivity index (χ2n) is 6.44. The van der Waals surface area contributed by atoms with Crippen LogP contribution in [0.3, 0.4) is 0 Å². The second-order valence-corrected chi connectivity index (χ2v) is 6.44. The monoisotopic (exact) mass is 258 g/mol. The molecule has 0 N–H and O–H groups in total. The molecule has 1 aromatic rings. The highest BCUT2D eigenvalue weighted by molar-refractivity contribution is 5.54. The molecule has 1 aromatic carbocycles. The Morgan fingerprint density at radius 2 is 2.21 bits per heavy atom. The third-order valence-electron chi connectivity index (χ3n) is 5.31. The molecule has 2 atom stereocenters. The number of nitroso groups, excluding NO2 is 1. The molecule has 0 aromatic heterocycles. The van der Waals surface area contributed by atoms with Crippen LogP contribution in [-0.2, 0) is 11.8 Å². The lowest BCUT2D eigenvalue weighted by molar-refractivity contribution is 0.192. The summed E-state index contributed by atoms with van der Waals surface area (Å²) in [4.78, 5) is 13.5. The van der Waals surface area contributed by atoms with E-state index in [1.807, 2.05) is 6.92 Å². The van der Waals surface area contributed by atoms with Gasteiger partial charge in [0.1, 0.15) is 5.69 Å². The number of hydrogen-bond acceptors (Lipinski definition) is 3. The van der Waals surface area contributed by atoms with E-state index in [9.17, 15) is 4.91 Å². The van der Waals surface area contributed by atoms with Crippen molar-refractivity contribution in [3.8, 4) is 0 Å². The smallest absolute Gasteiger partial charge is 0.111 e. The first-order valence-electron chi connectivity index (χ1n) is 7.24. The Morgan fingerprint density at radius 3 is 2.95 bits per heavy atom. The summed E-state index contributed by atoms with van der Waals surface area (Å²) >= 11 is 0. The third-order valence-corrected chi connectivity index (χ3v) is 5.31. The van der Waals surface area contributed by atoms with Gasteiger partial charge in [-0.15, -0.1) is 4.91 Å². The molecule has 2 unspecified atom stereocenters. The molecule has 0 spiro atoms. The fourth-order valence-corrected chi connectivity index (χ4v) is 4.21. The van der Waals surface area contributed by atoms with Crippen molar-refractivity contribution in [3.05, 3.63) is 33.7 Å². The van der Waals surface area contributed by atoms with Crippen molar-refractivity contribution < 1.29 is 0 Å². The Labute approximate surface area is 115 Å². The fraction of sp³-hybridized carbons (Fsp3) is 0.625. The number of benzene rings is 1. The summed E-state index contributed by atoms with van der Waals surface area (Å²) in [5, 5.41) is 3.21. The van der Waals surface area contributed by atoms with E-state index in [2.05, 4.69) is 36.2 Å². The molecule has 3 heteroatoms. The van der Waals surface area contributed by atoms with Crippen LogP contribution in [0.25, 0.3) is 0 Å². The highest BCUT2D eigenvalue weighted by atomic mass is 16.3. The van der Waals surface area contributed by atoms with Crippen LogP contribution >= 0.6 is 0 Å². The topological polar surface area (TPSA) is 32.7 Å². The van der Waals surface area contributed by atoms with Gasteiger partial charge in [-0.3, -0.25) is 0 Å². The van der Waals surface area contributed by atoms with Gasteiger partial charge < -0.3 is 4.90 Å². The summed E-state index contributed by atoms with van der Waals surface area (Å²) in [7, 11) is 2.24. The van der Waals surface area contributed by atoms with Gasteiger partial charge >= 0.3 is 0 Å². The maximum absolute atomic E-state index is 11.0. The second kappa shape index (κ2) is 4.41. The Morgan fingerprint density at radius 1 is 1.42 bits per heavy atom. The van der Waals surface area contributed by atoms with Crippen molar-refractivity contribution in [2.75, 3.05) is 13.6 Å². The molecule has 0 amide bonds. The zero-order valence-electron chi connectivity index (χ0n) is 12.1. The molecule has 1 aliphatic heterocycles. The van der Waals surface area contributed by atoms with Gasteiger partial charge in [0.05, 0.1) is 0 Å². The summed E-state index contributed by atoms with van der Waals surface area (Å²) in [6, 6.07) is 4.86. The van der Waals surface area contributed by atoms with Crippen molar-refractivity contribution in [2.45, 2.75) is 51.0 Å². The highest BCUT2D eigenvalue weighted by Gasteiger charge is 2.44. The van der Waals surface area contributed by atoms with Crippen LogP contribution in [0, 0.1) is 11.8 Å². The third kappa shape index (κ3) is 1.83. The lowest BCUT2D eigenvalue weighted by Crippen LogP contribution is -2.42. The van der Waals surface area contributed by atoms with Gasteiger partial charge in [-0.1, -0.05) is 19.4 Å². The standard InChI is InChI=1S/C16H22N2O/c1-11-9-12-6-8-18(3)15-5-4-7-16(15,2)13(12)10-14(11)17-19/h9-10,15H,4-8H2,1-3H3. The first kappa shape index (κ1) is 12.8. The van der Waals surface area contributed by atoms with E-state index in [1.165, 1.54) is 30.4 Å². The van der Waals surface area contributed by atoms with Crippen molar-refractivity contribution in [2.24, 2.45) is 5.18 Å². The van der Waals surface area contributed by atoms with Crippen molar-refractivity contribution in [3.63, 3.8) is 0 Å². The van der Waals surface area contributed by atoms with Crippen molar-refractivity contribution >= 4 is 5.69 Å². The molecule has 1 fully saturated rings. The quantitative estimate of drug-likeness (QED) is 0.720. The first-order valence-corrected chi connectivity index (χ1v) is 7.24. The average Bonchev–Trinajstić information content (AvgIpc) is 2.75. The minimum Gasteiger partial charge on any atom is -0.302 e. The number of fused-ring (bicyclic) bond motifs is 3. The lowest BCUT2D eigenvalue weighted by Gasteiger charge is -2.36. The van der Waals surface area contributed by atoms with Crippen LogP contribution in [0.15, 0.2) is 17.3 Å². The van der Waals surface area contributed by atoms with E-state index in [0.29, 0.717) is 11.7 Å². The van der Waals surface area contributed by atoms with E-state index in [4.69, 9.17) is 0 Å². The average molecular weight is 258 g/mol. The maximum Gasteiger partial charge on any atom is 0.111 e. The molecular formula is C16H22N2O. The fourth-order valence-electron chi connectivity index (χ4n) is 4.21. The number of rotatable bonds is 1. The first-order chi connectivity index (χ1) is 9.06. The normalized spacial score (nSPS) is 30.6. The number of nitrogens with zero attached hydrogens (tertiary/aromatic N) is 2. The zero-order valence-corrected chi connectivity index (χ0v) is 12.1. The van der Waals surface area contributed by atoms with Gasteiger partial charge in [0.15, 0.2) is 0 Å². The van der Waals surface area contributed by atoms with Gasteiger partial charge in [-0.2, -0.15) is 0 Å². The molecule has 3 nitrogen and oxygen atoms in total. The van der Waals surface area contributed by atoms with Gasteiger partial charge in [-0.25, -0.2) is 0 Å². The van der Waals surface area contributed by atoms with Crippen LogP contribution in [0.1, 0.15) is 42.9 Å². The zero-order chi connectivity index (χ0) is 13.6. The molecule has 102 valence electrons. The van der Waals surface area contributed by atoms with Crippen LogP contribution in [-0.4, -0.2) is 24.5 Å². The molecule has 0 bridgehead atoms. The SMILES string of the molecule is Cc1cc2c(cc1N=O)C1(C)CCCC1N(C)CC2. The summed E-state index contributed by atoms with van der Waals surface area (Å²) in [6.07, 6.45) is 4.85. The largest absolute Gasteiger partial charge is 0.302 e. The molecule has 1 saturated carbocycles. The molecule has 0 saturated heterocycles. The molecule has 3 rings (SSSR count). The maximum atomic E-state index is 11.0. The summed E-state index contributed by atoms with van der Waals surface area (Å²) < 4.78 is 0. The number of aryl methyl sites for hydroxylation is 1. The summed E-state index contributed by atoms with van der Waals surface area (Å²) in [5.41, 5.74) is 4.61. The van der Waals surface area contributed by atoms with Gasteiger partial charge in [0.25, 0.3) is 0 Å². The number of likely N-dealkylation sites (N-methyl/N-ethyl adjacent to an activating group) is 1. The summed E-state index contributed by atoms with van der Waals surface area (Å²) in [6.45, 7) is 5.47. The van der Waals surface area contributed by atoms with Gasteiger partial charge in [-0.05, 0) is 61.2 Å². The summed E-state index contributed by atoms with van der Waals surface area (Å²) in [5.74, 6) is 0.